The summed E-state index contributed by atoms with van der Waals surface area (Å²) in [5, 5.41) is 12.8. The molecule has 0 spiro atoms. The number of carbonyl (C=O) groups is 1. The third-order valence-electron chi connectivity index (χ3n) is 2.89. The van der Waals surface area contributed by atoms with Crippen molar-refractivity contribution in [2.45, 2.75) is 20.0 Å². The third kappa shape index (κ3) is 3.13. The molecule has 0 saturated carbocycles. The first-order chi connectivity index (χ1) is 9.10. The summed E-state index contributed by atoms with van der Waals surface area (Å²) in [7, 11) is 1.70. The number of aromatic carboxylic acids is 1. The molecule has 5 heteroatoms. The van der Waals surface area contributed by atoms with Crippen LogP contribution in [0.2, 0.25) is 0 Å². The molecule has 0 unspecified atom stereocenters. The van der Waals surface area contributed by atoms with Crippen LogP contribution in [0.25, 0.3) is 0 Å². The minimum Gasteiger partial charge on any atom is -0.487 e. The Hall–Kier alpha value is -2.30. The highest BCUT2D eigenvalue weighted by molar-refractivity contribution is 5.85. The summed E-state index contributed by atoms with van der Waals surface area (Å²) in [6.45, 7) is 2.38. The van der Waals surface area contributed by atoms with Gasteiger partial charge >= 0.3 is 5.97 Å². The Bertz CT molecular complexity index is 590. The molecule has 5 nitrogen and oxygen atoms in total. The van der Waals surface area contributed by atoms with Crippen LogP contribution in [-0.2, 0) is 20.1 Å². The van der Waals surface area contributed by atoms with Gasteiger partial charge < -0.3 is 9.84 Å². The summed E-state index contributed by atoms with van der Waals surface area (Å²) in [5.41, 5.74) is 1.96. The molecule has 1 aromatic carbocycles. The van der Waals surface area contributed by atoms with E-state index in [9.17, 15) is 4.79 Å². The summed E-state index contributed by atoms with van der Waals surface area (Å²) in [6.07, 6.45) is 0.950. The second-order valence-electron chi connectivity index (χ2n) is 4.24. The minimum atomic E-state index is -1.03. The molecule has 2 rings (SSSR count). The lowest BCUT2D eigenvalue weighted by atomic mass is 10.2. The third-order valence-corrected chi connectivity index (χ3v) is 2.89. The van der Waals surface area contributed by atoms with Crippen molar-refractivity contribution in [3.63, 3.8) is 0 Å². The minimum absolute atomic E-state index is 0.0309. The topological polar surface area (TPSA) is 64.3 Å². The summed E-state index contributed by atoms with van der Waals surface area (Å²) in [5.74, 6) is -0.257. The van der Waals surface area contributed by atoms with Gasteiger partial charge in [0.15, 0.2) is 5.69 Å². The number of aryl methyl sites for hydroxylation is 2. The molecular weight excluding hydrogens is 244 g/mol. The largest absolute Gasteiger partial charge is 0.487 e. The highest BCUT2D eigenvalue weighted by Crippen LogP contribution is 2.15. The van der Waals surface area contributed by atoms with Crippen LogP contribution in [0.3, 0.4) is 0 Å². The Balaban J connectivity index is 2.07. The van der Waals surface area contributed by atoms with Gasteiger partial charge in [0.05, 0.1) is 5.69 Å². The Kier molecular flexibility index (Phi) is 3.85. The standard InChI is InChI=1S/C14H16N2O3/c1-3-10-5-4-6-12(7-10)19-9-11-8-13(14(17)18)15-16(11)2/h4-8H,3,9H2,1-2H3,(H,17,18). The van der Waals surface area contributed by atoms with Crippen molar-refractivity contribution >= 4 is 5.97 Å². The van der Waals surface area contributed by atoms with Gasteiger partial charge in [-0.1, -0.05) is 19.1 Å². The van der Waals surface area contributed by atoms with Crippen LogP contribution < -0.4 is 4.74 Å². The fourth-order valence-electron chi connectivity index (χ4n) is 1.76. The molecular formula is C14H16N2O3. The van der Waals surface area contributed by atoms with Crippen LogP contribution in [-0.4, -0.2) is 20.9 Å². The molecule has 0 aliphatic heterocycles. The lowest BCUT2D eigenvalue weighted by molar-refractivity contribution is 0.0689. The molecule has 1 aromatic heterocycles. The van der Waals surface area contributed by atoms with Gasteiger partial charge in [-0.2, -0.15) is 5.10 Å². The zero-order valence-corrected chi connectivity index (χ0v) is 11.0. The van der Waals surface area contributed by atoms with Gasteiger partial charge in [-0.15, -0.1) is 0 Å². The van der Waals surface area contributed by atoms with Crippen molar-refractivity contribution in [1.82, 2.24) is 9.78 Å². The zero-order chi connectivity index (χ0) is 13.8. The molecule has 100 valence electrons. The van der Waals surface area contributed by atoms with Gasteiger partial charge in [-0.3, -0.25) is 4.68 Å². The van der Waals surface area contributed by atoms with Crippen molar-refractivity contribution in [2.24, 2.45) is 7.05 Å². The van der Waals surface area contributed by atoms with Gasteiger partial charge in [-0.05, 0) is 30.2 Å². The number of hydrogen-bond acceptors (Lipinski definition) is 3. The monoisotopic (exact) mass is 260 g/mol. The second kappa shape index (κ2) is 5.56. The van der Waals surface area contributed by atoms with E-state index in [2.05, 4.69) is 12.0 Å². The molecule has 0 amide bonds. The predicted molar refractivity (Wildman–Crippen MR) is 70.3 cm³/mol. The maximum atomic E-state index is 10.8. The number of nitrogens with zero attached hydrogens (tertiary/aromatic N) is 2. The van der Waals surface area contributed by atoms with E-state index >= 15 is 0 Å². The molecule has 0 radical (unpaired) electrons. The Morgan fingerprint density at radius 1 is 1.42 bits per heavy atom. The number of benzene rings is 1. The lowest BCUT2D eigenvalue weighted by Crippen LogP contribution is -2.03. The number of ether oxygens (including phenoxy) is 1. The molecule has 0 aliphatic carbocycles. The summed E-state index contributed by atoms with van der Waals surface area (Å²) in [6, 6.07) is 9.37. The van der Waals surface area contributed by atoms with E-state index in [0.29, 0.717) is 6.61 Å². The Morgan fingerprint density at radius 2 is 2.21 bits per heavy atom. The van der Waals surface area contributed by atoms with Crippen molar-refractivity contribution < 1.29 is 14.6 Å². The van der Waals surface area contributed by atoms with E-state index < -0.39 is 5.97 Å². The van der Waals surface area contributed by atoms with Crippen LogP contribution in [0.5, 0.6) is 5.75 Å². The van der Waals surface area contributed by atoms with E-state index in [1.807, 2.05) is 24.3 Å². The number of aromatic nitrogens is 2. The molecule has 2 aromatic rings. The molecule has 0 aliphatic rings. The van der Waals surface area contributed by atoms with E-state index in [0.717, 1.165) is 17.9 Å². The van der Waals surface area contributed by atoms with Gasteiger partial charge in [-0.25, -0.2) is 4.79 Å². The van der Waals surface area contributed by atoms with Crippen molar-refractivity contribution in [2.75, 3.05) is 0 Å². The Labute approximate surface area is 111 Å². The molecule has 1 heterocycles. The number of carboxylic acid groups (broad SMARTS) is 1. The zero-order valence-electron chi connectivity index (χ0n) is 11.0. The van der Waals surface area contributed by atoms with Crippen molar-refractivity contribution in [3.8, 4) is 5.75 Å². The fraction of sp³-hybridized carbons (Fsp3) is 0.286. The first-order valence-electron chi connectivity index (χ1n) is 6.08. The van der Waals surface area contributed by atoms with Gasteiger partial charge in [0.2, 0.25) is 0 Å². The van der Waals surface area contributed by atoms with Crippen LogP contribution in [0.4, 0.5) is 0 Å². The SMILES string of the molecule is CCc1cccc(OCc2cc(C(=O)O)nn2C)c1. The fourth-order valence-corrected chi connectivity index (χ4v) is 1.76. The van der Waals surface area contributed by atoms with Crippen molar-refractivity contribution in [1.29, 1.82) is 0 Å². The molecule has 1 N–H and O–H groups in total. The van der Waals surface area contributed by atoms with E-state index in [1.54, 1.807) is 7.05 Å². The summed E-state index contributed by atoms with van der Waals surface area (Å²) >= 11 is 0. The van der Waals surface area contributed by atoms with E-state index in [1.165, 1.54) is 16.3 Å². The summed E-state index contributed by atoms with van der Waals surface area (Å²) < 4.78 is 7.18. The highest BCUT2D eigenvalue weighted by atomic mass is 16.5. The van der Waals surface area contributed by atoms with Gasteiger partial charge in [0.25, 0.3) is 0 Å². The number of hydrogen-bond donors (Lipinski definition) is 1. The van der Waals surface area contributed by atoms with Gasteiger partial charge in [0.1, 0.15) is 12.4 Å². The highest BCUT2D eigenvalue weighted by Gasteiger charge is 2.11. The molecule has 0 atom stereocenters. The van der Waals surface area contributed by atoms with E-state index in [-0.39, 0.29) is 5.69 Å². The van der Waals surface area contributed by atoms with Crippen LogP contribution in [0.15, 0.2) is 30.3 Å². The lowest BCUT2D eigenvalue weighted by Gasteiger charge is -2.07. The first kappa shape index (κ1) is 13.1. The maximum Gasteiger partial charge on any atom is 0.356 e. The van der Waals surface area contributed by atoms with Crippen LogP contribution in [0.1, 0.15) is 28.7 Å². The first-order valence-corrected chi connectivity index (χ1v) is 6.08. The maximum absolute atomic E-state index is 10.8. The predicted octanol–water partition coefficient (Wildman–Crippen LogP) is 2.26. The normalized spacial score (nSPS) is 10.4. The molecule has 19 heavy (non-hydrogen) atoms. The molecule has 0 saturated heterocycles. The second-order valence-corrected chi connectivity index (χ2v) is 4.24. The number of carboxylic acids is 1. The Morgan fingerprint density at radius 3 is 2.84 bits per heavy atom. The molecule has 0 fully saturated rings. The average Bonchev–Trinajstić information content (AvgIpc) is 2.78. The van der Waals surface area contributed by atoms with Crippen LogP contribution in [0, 0.1) is 0 Å². The van der Waals surface area contributed by atoms with Crippen LogP contribution >= 0.6 is 0 Å². The van der Waals surface area contributed by atoms with Gasteiger partial charge in [0, 0.05) is 7.05 Å². The van der Waals surface area contributed by atoms with E-state index in [4.69, 9.17) is 9.84 Å². The van der Waals surface area contributed by atoms with Crippen molar-refractivity contribution in [3.05, 3.63) is 47.3 Å². The summed E-state index contributed by atoms with van der Waals surface area (Å²) in [4.78, 5) is 10.8. The average molecular weight is 260 g/mol. The molecule has 0 bridgehead atoms. The smallest absolute Gasteiger partial charge is 0.356 e. The number of rotatable bonds is 5. The quantitative estimate of drug-likeness (QED) is 0.895.